The van der Waals surface area contributed by atoms with Crippen molar-refractivity contribution in [2.75, 3.05) is 24.5 Å². The largest absolute Gasteiger partial charge is 0.497 e. The molecule has 0 bridgehead atoms. The number of aryl methyl sites for hydroxylation is 1. The van der Waals surface area contributed by atoms with Gasteiger partial charge in [-0.2, -0.15) is 4.98 Å². The van der Waals surface area contributed by atoms with E-state index in [9.17, 15) is 0 Å². The third kappa shape index (κ3) is 3.36. The van der Waals surface area contributed by atoms with E-state index in [2.05, 4.69) is 15.4 Å². The second kappa shape index (κ2) is 6.21. The molecule has 6 nitrogen and oxygen atoms in total. The van der Waals surface area contributed by atoms with Crippen molar-refractivity contribution in [3.05, 3.63) is 41.6 Å². The average Bonchev–Trinajstić information content (AvgIpc) is 2.47. The molecule has 1 aromatic heterocycles. The lowest BCUT2D eigenvalue weighted by Gasteiger charge is -2.19. The first-order chi connectivity index (χ1) is 9.62. The van der Waals surface area contributed by atoms with Crippen LogP contribution in [0.5, 0.6) is 5.75 Å². The highest BCUT2D eigenvalue weighted by atomic mass is 16.5. The van der Waals surface area contributed by atoms with Crippen LogP contribution in [0, 0.1) is 6.92 Å². The van der Waals surface area contributed by atoms with Gasteiger partial charge in [0.05, 0.1) is 7.11 Å². The van der Waals surface area contributed by atoms with Crippen LogP contribution in [0.4, 0.5) is 11.8 Å². The number of rotatable bonds is 5. The van der Waals surface area contributed by atoms with Crippen LogP contribution >= 0.6 is 0 Å². The Morgan fingerprint density at radius 1 is 1.25 bits per heavy atom. The molecule has 0 unspecified atom stereocenters. The van der Waals surface area contributed by atoms with Crippen LogP contribution in [0.1, 0.15) is 11.3 Å². The summed E-state index contributed by atoms with van der Waals surface area (Å²) >= 11 is 0. The number of nitrogen functional groups attached to an aromatic ring is 1. The van der Waals surface area contributed by atoms with E-state index in [-0.39, 0.29) is 0 Å². The van der Waals surface area contributed by atoms with Gasteiger partial charge < -0.3 is 9.64 Å². The van der Waals surface area contributed by atoms with Gasteiger partial charge in [0.25, 0.3) is 0 Å². The van der Waals surface area contributed by atoms with Crippen LogP contribution in [0.15, 0.2) is 30.3 Å². The maximum Gasteiger partial charge on any atom is 0.239 e. The lowest BCUT2D eigenvalue weighted by molar-refractivity contribution is 0.414. The third-order valence-electron chi connectivity index (χ3n) is 2.94. The fraction of sp³-hybridized carbons (Fsp3) is 0.286. The number of ether oxygens (including phenoxy) is 1. The minimum atomic E-state index is 0.418. The Morgan fingerprint density at radius 3 is 2.55 bits per heavy atom. The molecule has 0 atom stereocenters. The summed E-state index contributed by atoms with van der Waals surface area (Å²) in [7, 11) is 3.64. The molecule has 0 saturated carbocycles. The number of anilines is 2. The molecular formula is C14H19N5O. The van der Waals surface area contributed by atoms with E-state index in [1.54, 1.807) is 7.11 Å². The normalized spacial score (nSPS) is 10.2. The minimum Gasteiger partial charge on any atom is -0.497 e. The molecule has 106 valence electrons. The summed E-state index contributed by atoms with van der Waals surface area (Å²) in [6, 6.07) is 9.88. The van der Waals surface area contributed by atoms with Gasteiger partial charge in [0.2, 0.25) is 5.95 Å². The van der Waals surface area contributed by atoms with E-state index in [0.29, 0.717) is 5.95 Å². The van der Waals surface area contributed by atoms with Crippen LogP contribution < -0.4 is 20.9 Å². The highest BCUT2D eigenvalue weighted by Gasteiger charge is 2.07. The maximum atomic E-state index is 5.36. The van der Waals surface area contributed by atoms with Crippen molar-refractivity contribution >= 4 is 11.8 Å². The van der Waals surface area contributed by atoms with Gasteiger partial charge in [0, 0.05) is 25.4 Å². The summed E-state index contributed by atoms with van der Waals surface area (Å²) in [5, 5.41) is 0. The Balaban J connectivity index is 2.14. The molecule has 0 saturated heterocycles. The number of hydrazine groups is 1. The molecule has 0 aliphatic rings. The highest BCUT2D eigenvalue weighted by molar-refractivity contribution is 5.44. The molecule has 1 heterocycles. The van der Waals surface area contributed by atoms with E-state index < -0.39 is 0 Å². The number of hydrogen-bond donors (Lipinski definition) is 2. The van der Waals surface area contributed by atoms with Crippen molar-refractivity contribution in [2.45, 2.75) is 13.5 Å². The van der Waals surface area contributed by atoms with Crippen LogP contribution in [0.2, 0.25) is 0 Å². The number of nitrogens with two attached hydrogens (primary N) is 1. The molecule has 20 heavy (non-hydrogen) atoms. The summed E-state index contributed by atoms with van der Waals surface area (Å²) in [5.74, 6) is 7.45. The van der Waals surface area contributed by atoms with Crippen LogP contribution in [-0.4, -0.2) is 24.1 Å². The average molecular weight is 273 g/mol. The monoisotopic (exact) mass is 273 g/mol. The minimum absolute atomic E-state index is 0.418. The fourth-order valence-corrected chi connectivity index (χ4v) is 1.90. The summed E-state index contributed by atoms with van der Waals surface area (Å²) < 4.78 is 5.15. The van der Waals surface area contributed by atoms with Crippen LogP contribution in [0.25, 0.3) is 0 Å². The maximum absolute atomic E-state index is 5.36. The molecule has 0 fully saturated rings. The lowest BCUT2D eigenvalue weighted by Crippen LogP contribution is -2.20. The SMILES string of the molecule is COc1ccc(CN(C)c2cc(C)nc(NN)n2)cc1. The molecule has 2 aromatic rings. The molecular weight excluding hydrogens is 254 g/mol. The topological polar surface area (TPSA) is 76.3 Å². The Labute approximate surface area is 118 Å². The Hall–Kier alpha value is -2.34. The quantitative estimate of drug-likeness (QED) is 0.638. The van der Waals surface area contributed by atoms with Crippen molar-refractivity contribution < 1.29 is 4.74 Å². The Kier molecular flexibility index (Phi) is 4.37. The smallest absolute Gasteiger partial charge is 0.239 e. The standard InChI is InChI=1S/C14H19N5O/c1-10-8-13(17-14(16-10)18-15)19(2)9-11-4-6-12(20-3)7-5-11/h4-8H,9,15H2,1-3H3,(H,16,17,18). The number of nitrogens with one attached hydrogen (secondary N) is 1. The first-order valence-electron chi connectivity index (χ1n) is 6.28. The number of methoxy groups -OCH3 is 1. The molecule has 0 amide bonds. The van der Waals surface area contributed by atoms with E-state index in [4.69, 9.17) is 10.6 Å². The number of nitrogens with zero attached hydrogens (tertiary/aromatic N) is 3. The Morgan fingerprint density at radius 2 is 1.95 bits per heavy atom. The van der Waals surface area contributed by atoms with Crippen LogP contribution in [-0.2, 0) is 6.54 Å². The zero-order valence-corrected chi connectivity index (χ0v) is 11.9. The van der Waals surface area contributed by atoms with E-state index in [1.165, 1.54) is 5.56 Å². The van der Waals surface area contributed by atoms with Crippen molar-refractivity contribution in [2.24, 2.45) is 5.84 Å². The molecule has 0 radical (unpaired) electrons. The van der Waals surface area contributed by atoms with Gasteiger partial charge in [0.1, 0.15) is 11.6 Å². The van der Waals surface area contributed by atoms with Gasteiger partial charge in [-0.3, -0.25) is 5.43 Å². The van der Waals surface area contributed by atoms with Gasteiger partial charge >= 0.3 is 0 Å². The van der Waals surface area contributed by atoms with E-state index in [0.717, 1.165) is 23.8 Å². The second-order valence-corrected chi connectivity index (χ2v) is 4.54. The summed E-state index contributed by atoms with van der Waals surface area (Å²) in [5.41, 5.74) is 4.51. The van der Waals surface area contributed by atoms with Crippen LogP contribution in [0.3, 0.4) is 0 Å². The van der Waals surface area contributed by atoms with E-state index in [1.807, 2.05) is 49.2 Å². The van der Waals surface area contributed by atoms with Gasteiger partial charge in [-0.15, -0.1) is 0 Å². The van der Waals surface area contributed by atoms with Crippen molar-refractivity contribution in [3.8, 4) is 5.75 Å². The lowest BCUT2D eigenvalue weighted by atomic mass is 10.2. The van der Waals surface area contributed by atoms with Gasteiger partial charge in [-0.1, -0.05) is 12.1 Å². The van der Waals surface area contributed by atoms with Gasteiger partial charge in [-0.05, 0) is 24.6 Å². The Bertz CT molecular complexity index is 570. The predicted molar refractivity (Wildman–Crippen MR) is 79.7 cm³/mol. The molecule has 0 aliphatic carbocycles. The van der Waals surface area contributed by atoms with Crippen molar-refractivity contribution in [1.82, 2.24) is 9.97 Å². The number of aromatic nitrogens is 2. The zero-order chi connectivity index (χ0) is 14.5. The fourth-order valence-electron chi connectivity index (χ4n) is 1.90. The first-order valence-corrected chi connectivity index (χ1v) is 6.28. The molecule has 1 aromatic carbocycles. The molecule has 0 aliphatic heterocycles. The third-order valence-corrected chi connectivity index (χ3v) is 2.94. The number of benzene rings is 1. The molecule has 0 spiro atoms. The summed E-state index contributed by atoms with van der Waals surface area (Å²) in [6.07, 6.45) is 0. The highest BCUT2D eigenvalue weighted by Crippen LogP contribution is 2.17. The zero-order valence-electron chi connectivity index (χ0n) is 11.9. The van der Waals surface area contributed by atoms with Crippen molar-refractivity contribution in [1.29, 1.82) is 0 Å². The van der Waals surface area contributed by atoms with E-state index >= 15 is 0 Å². The van der Waals surface area contributed by atoms with Crippen molar-refractivity contribution in [3.63, 3.8) is 0 Å². The summed E-state index contributed by atoms with van der Waals surface area (Å²) in [4.78, 5) is 10.5. The van der Waals surface area contributed by atoms with Gasteiger partial charge in [-0.25, -0.2) is 10.8 Å². The first kappa shape index (κ1) is 14.1. The molecule has 2 rings (SSSR count). The summed E-state index contributed by atoms with van der Waals surface area (Å²) in [6.45, 7) is 2.65. The molecule has 6 heteroatoms. The molecule has 3 N–H and O–H groups in total. The number of hydrogen-bond acceptors (Lipinski definition) is 6. The van der Waals surface area contributed by atoms with Gasteiger partial charge in [0.15, 0.2) is 0 Å². The predicted octanol–water partition coefficient (Wildman–Crippen LogP) is 1.72. The second-order valence-electron chi connectivity index (χ2n) is 4.54.